The third-order valence-corrected chi connectivity index (χ3v) is 5.31. The Kier molecular flexibility index (Phi) is 5.52. The van der Waals surface area contributed by atoms with Gasteiger partial charge in [0.1, 0.15) is 0 Å². The molecule has 1 heterocycles. The van der Waals surface area contributed by atoms with Gasteiger partial charge in [-0.3, -0.25) is 4.79 Å². The Morgan fingerprint density at radius 3 is 2.65 bits per heavy atom. The van der Waals surface area contributed by atoms with Gasteiger partial charge in [-0.05, 0) is 64.4 Å². The highest BCUT2D eigenvalue weighted by Crippen LogP contribution is 2.44. The molecule has 1 fully saturated rings. The molecule has 130 valence electrons. The van der Waals surface area contributed by atoms with Crippen molar-refractivity contribution in [2.24, 2.45) is 11.8 Å². The molecule has 2 rings (SSSR count). The van der Waals surface area contributed by atoms with Crippen LogP contribution in [-0.4, -0.2) is 28.2 Å². The average molecular weight is 320 g/mol. The van der Waals surface area contributed by atoms with Gasteiger partial charge in [0, 0.05) is 6.42 Å². The summed E-state index contributed by atoms with van der Waals surface area (Å²) < 4.78 is 5.94. The summed E-state index contributed by atoms with van der Waals surface area (Å²) in [6.07, 6.45) is 10.0. The second-order valence-electron chi connectivity index (χ2n) is 8.25. The summed E-state index contributed by atoms with van der Waals surface area (Å²) in [6.45, 7) is 10.3. The number of ether oxygens (including phenoxy) is 1. The zero-order chi connectivity index (χ0) is 17.3. The minimum absolute atomic E-state index is 0.00208. The van der Waals surface area contributed by atoms with Gasteiger partial charge in [-0.1, -0.05) is 31.6 Å². The average Bonchev–Trinajstić information content (AvgIpc) is 3.05. The standard InChI is InChI=1S/C20H32O3/c1-14(2)16-8-10-19(4,22)13-17(21)12-15(3)6-7-18-20(5,23-18)11-9-16/h8,10,12,14,16,18,22H,6-7,9,11,13H2,1-5H3/b10-8+,15-12+/t16-,18-,19+,20-/m0/s1. The zero-order valence-corrected chi connectivity index (χ0v) is 15.3. The smallest absolute Gasteiger partial charge is 0.158 e. The van der Waals surface area contributed by atoms with E-state index in [4.69, 9.17) is 4.74 Å². The van der Waals surface area contributed by atoms with Crippen molar-refractivity contribution in [3.05, 3.63) is 23.8 Å². The Bertz CT molecular complexity index is 501. The van der Waals surface area contributed by atoms with Gasteiger partial charge >= 0.3 is 0 Å². The number of ketones is 1. The largest absolute Gasteiger partial charge is 0.386 e. The maximum atomic E-state index is 12.1. The van der Waals surface area contributed by atoms with Gasteiger partial charge in [0.05, 0.1) is 17.3 Å². The van der Waals surface area contributed by atoms with Gasteiger partial charge in [-0.2, -0.15) is 0 Å². The first-order valence-corrected chi connectivity index (χ1v) is 8.91. The van der Waals surface area contributed by atoms with Gasteiger partial charge in [0.2, 0.25) is 0 Å². The number of carbonyl (C=O) groups is 1. The highest BCUT2D eigenvalue weighted by molar-refractivity contribution is 5.91. The third kappa shape index (κ3) is 5.29. The molecule has 3 heteroatoms. The van der Waals surface area contributed by atoms with E-state index in [-0.39, 0.29) is 17.8 Å². The summed E-state index contributed by atoms with van der Waals surface area (Å²) in [5.74, 6) is 0.904. The molecule has 0 aromatic carbocycles. The van der Waals surface area contributed by atoms with E-state index in [0.29, 0.717) is 17.9 Å². The summed E-state index contributed by atoms with van der Waals surface area (Å²) in [4.78, 5) is 12.1. The van der Waals surface area contributed by atoms with Crippen molar-refractivity contribution >= 4 is 5.78 Å². The minimum Gasteiger partial charge on any atom is -0.386 e. The molecular weight excluding hydrogens is 288 g/mol. The molecule has 1 aliphatic carbocycles. The van der Waals surface area contributed by atoms with E-state index in [0.717, 1.165) is 31.3 Å². The fourth-order valence-electron chi connectivity index (χ4n) is 3.48. The van der Waals surface area contributed by atoms with Crippen molar-refractivity contribution in [2.45, 2.75) is 84.0 Å². The van der Waals surface area contributed by atoms with Crippen molar-refractivity contribution in [1.82, 2.24) is 0 Å². The summed E-state index contributed by atoms with van der Waals surface area (Å²) in [5.41, 5.74) is -0.00400. The summed E-state index contributed by atoms with van der Waals surface area (Å²) in [7, 11) is 0. The second-order valence-corrected chi connectivity index (χ2v) is 8.25. The molecule has 2 aliphatic rings. The number of hydrogen-bond donors (Lipinski definition) is 1. The highest BCUT2D eigenvalue weighted by atomic mass is 16.6. The van der Waals surface area contributed by atoms with Crippen LogP contribution in [0.15, 0.2) is 23.8 Å². The monoisotopic (exact) mass is 320 g/mol. The second kappa shape index (κ2) is 6.90. The van der Waals surface area contributed by atoms with Crippen molar-refractivity contribution < 1.29 is 14.6 Å². The molecule has 0 unspecified atom stereocenters. The fraction of sp³-hybridized carbons (Fsp3) is 0.750. The van der Waals surface area contributed by atoms with Crippen LogP contribution in [0, 0.1) is 11.8 Å². The molecule has 23 heavy (non-hydrogen) atoms. The predicted molar refractivity (Wildman–Crippen MR) is 93.2 cm³/mol. The SMILES string of the molecule is C/C1=C\C(=O)C[C@](C)(O)/C=C/[C@H](C(C)C)CC[C@]2(C)O[C@H]2CC1. The normalized spacial score (nSPS) is 43.3. The molecule has 4 atom stereocenters. The summed E-state index contributed by atoms with van der Waals surface area (Å²) >= 11 is 0. The minimum atomic E-state index is -1.08. The van der Waals surface area contributed by atoms with E-state index in [1.54, 1.807) is 13.0 Å². The highest BCUT2D eigenvalue weighted by Gasteiger charge is 2.51. The lowest BCUT2D eigenvalue weighted by Gasteiger charge is -2.22. The Balaban J connectivity index is 2.18. The van der Waals surface area contributed by atoms with Gasteiger partial charge in [-0.15, -0.1) is 0 Å². The first kappa shape index (κ1) is 18.4. The zero-order valence-electron chi connectivity index (χ0n) is 15.3. The molecule has 0 amide bonds. The number of epoxide rings is 1. The molecule has 0 saturated carbocycles. The third-order valence-electron chi connectivity index (χ3n) is 5.31. The topological polar surface area (TPSA) is 49.8 Å². The van der Waals surface area contributed by atoms with Crippen LogP contribution in [0.3, 0.4) is 0 Å². The summed E-state index contributed by atoms with van der Waals surface area (Å²) in [5, 5.41) is 10.5. The number of fused-ring (bicyclic) bond motifs is 1. The van der Waals surface area contributed by atoms with E-state index < -0.39 is 5.60 Å². The molecule has 0 radical (unpaired) electrons. The van der Waals surface area contributed by atoms with Gasteiger partial charge in [0.25, 0.3) is 0 Å². The predicted octanol–water partition coefficient (Wildman–Crippen LogP) is 4.20. The van der Waals surface area contributed by atoms with Crippen LogP contribution in [0.1, 0.15) is 66.7 Å². The molecule has 0 spiro atoms. The molecule has 0 bridgehead atoms. The quantitative estimate of drug-likeness (QED) is 0.582. The van der Waals surface area contributed by atoms with E-state index in [9.17, 15) is 9.90 Å². The maximum absolute atomic E-state index is 12.1. The van der Waals surface area contributed by atoms with Crippen LogP contribution in [0.2, 0.25) is 0 Å². The Morgan fingerprint density at radius 1 is 1.30 bits per heavy atom. The van der Waals surface area contributed by atoms with Crippen LogP contribution in [-0.2, 0) is 9.53 Å². The number of hydrogen-bond acceptors (Lipinski definition) is 3. The Labute approximate surface area is 140 Å². The van der Waals surface area contributed by atoms with E-state index >= 15 is 0 Å². The number of rotatable bonds is 1. The van der Waals surface area contributed by atoms with Crippen LogP contribution in [0.5, 0.6) is 0 Å². The van der Waals surface area contributed by atoms with Crippen LogP contribution < -0.4 is 0 Å². The van der Waals surface area contributed by atoms with Gasteiger partial charge in [0.15, 0.2) is 5.78 Å². The van der Waals surface area contributed by atoms with Crippen LogP contribution >= 0.6 is 0 Å². The fourth-order valence-corrected chi connectivity index (χ4v) is 3.48. The molecular formula is C20H32O3. The first-order chi connectivity index (χ1) is 10.6. The maximum Gasteiger partial charge on any atom is 0.158 e. The van der Waals surface area contributed by atoms with Crippen molar-refractivity contribution in [3.8, 4) is 0 Å². The van der Waals surface area contributed by atoms with E-state index in [1.807, 2.05) is 13.0 Å². The molecule has 0 aromatic rings. The van der Waals surface area contributed by atoms with Gasteiger partial charge in [-0.25, -0.2) is 0 Å². The Hall–Kier alpha value is -0.930. The molecule has 0 aromatic heterocycles. The van der Waals surface area contributed by atoms with Crippen LogP contribution in [0.25, 0.3) is 0 Å². The van der Waals surface area contributed by atoms with Crippen LogP contribution in [0.4, 0.5) is 0 Å². The lowest BCUT2D eigenvalue weighted by Crippen LogP contribution is -2.25. The molecule has 1 aliphatic heterocycles. The molecule has 3 nitrogen and oxygen atoms in total. The number of aliphatic hydroxyl groups is 1. The first-order valence-electron chi connectivity index (χ1n) is 8.91. The van der Waals surface area contributed by atoms with Crippen molar-refractivity contribution in [3.63, 3.8) is 0 Å². The van der Waals surface area contributed by atoms with Gasteiger partial charge < -0.3 is 9.84 Å². The lowest BCUT2D eigenvalue weighted by molar-refractivity contribution is -0.117. The number of carbonyl (C=O) groups excluding carboxylic acids is 1. The van der Waals surface area contributed by atoms with Crippen molar-refractivity contribution in [2.75, 3.05) is 0 Å². The summed E-state index contributed by atoms with van der Waals surface area (Å²) in [6, 6.07) is 0. The van der Waals surface area contributed by atoms with E-state index in [1.165, 1.54) is 0 Å². The molecule has 1 N–H and O–H groups in total. The lowest BCUT2D eigenvalue weighted by atomic mass is 9.84. The Morgan fingerprint density at radius 2 is 2.00 bits per heavy atom. The van der Waals surface area contributed by atoms with E-state index in [2.05, 4.69) is 26.8 Å². The molecule has 1 saturated heterocycles. The number of allylic oxidation sites excluding steroid dienone is 3. The van der Waals surface area contributed by atoms with Crippen molar-refractivity contribution in [1.29, 1.82) is 0 Å².